The molecule has 2 rings (SSSR count). The van der Waals surface area contributed by atoms with Crippen molar-refractivity contribution in [2.45, 2.75) is 24.9 Å². The number of benzene rings is 1. The molecule has 3 nitrogen and oxygen atoms in total. The molecule has 17 heavy (non-hydrogen) atoms. The van der Waals surface area contributed by atoms with E-state index in [0.29, 0.717) is 25.0 Å². The number of nitrogens with one attached hydrogen (secondary N) is 1. The number of piperidine rings is 1. The number of rotatable bonds is 3. The molecule has 1 fully saturated rings. The Kier molecular flexibility index (Phi) is 3.64. The van der Waals surface area contributed by atoms with Gasteiger partial charge in [0.25, 0.3) is 0 Å². The smallest absolute Gasteiger partial charge is 0.123 e. The highest BCUT2D eigenvalue weighted by molar-refractivity contribution is 5.35. The number of aliphatic hydroxyl groups is 1. The van der Waals surface area contributed by atoms with Crippen LogP contribution < -0.4 is 10.1 Å². The largest absolute Gasteiger partial charge is 0.496 e. The molecule has 0 bridgehead atoms. The van der Waals surface area contributed by atoms with E-state index >= 15 is 0 Å². The second-order valence-electron chi connectivity index (χ2n) is 4.61. The zero-order chi connectivity index (χ0) is 12.3. The monoisotopic (exact) mass is 239 g/mol. The van der Waals surface area contributed by atoms with Gasteiger partial charge in [-0.15, -0.1) is 0 Å². The standard InChI is InChI=1S/C13H18FNO2/c1-17-12-3-2-11(14)8-10(12)9-13(16)4-6-15-7-5-13/h2-3,8,15-16H,4-7,9H2,1H3. The number of hydrogen-bond donors (Lipinski definition) is 2. The lowest BCUT2D eigenvalue weighted by atomic mass is 9.86. The van der Waals surface area contributed by atoms with Crippen molar-refractivity contribution in [2.75, 3.05) is 20.2 Å². The molecular formula is C13H18FNO2. The van der Waals surface area contributed by atoms with Crippen molar-refractivity contribution in [2.24, 2.45) is 0 Å². The topological polar surface area (TPSA) is 41.5 Å². The number of methoxy groups -OCH3 is 1. The maximum absolute atomic E-state index is 13.2. The predicted molar refractivity (Wildman–Crippen MR) is 63.7 cm³/mol. The van der Waals surface area contributed by atoms with Crippen LogP contribution in [0.5, 0.6) is 5.75 Å². The summed E-state index contributed by atoms with van der Waals surface area (Å²) in [6.45, 7) is 1.60. The number of hydrogen-bond acceptors (Lipinski definition) is 3. The molecule has 1 aromatic rings. The van der Waals surface area contributed by atoms with E-state index in [1.165, 1.54) is 12.1 Å². The number of ether oxygens (including phenoxy) is 1. The average Bonchev–Trinajstić information content (AvgIpc) is 2.29. The van der Waals surface area contributed by atoms with E-state index < -0.39 is 5.60 Å². The van der Waals surface area contributed by atoms with Crippen LogP contribution in [0.15, 0.2) is 18.2 Å². The van der Waals surface area contributed by atoms with Crippen molar-refractivity contribution in [1.82, 2.24) is 5.32 Å². The van der Waals surface area contributed by atoms with Gasteiger partial charge in [0, 0.05) is 6.42 Å². The maximum Gasteiger partial charge on any atom is 0.123 e. The van der Waals surface area contributed by atoms with Crippen LogP contribution in [0, 0.1) is 5.82 Å². The van der Waals surface area contributed by atoms with Gasteiger partial charge in [-0.25, -0.2) is 4.39 Å². The lowest BCUT2D eigenvalue weighted by Crippen LogP contribution is -2.43. The Morgan fingerprint density at radius 3 is 2.76 bits per heavy atom. The van der Waals surface area contributed by atoms with Crippen molar-refractivity contribution in [3.05, 3.63) is 29.6 Å². The van der Waals surface area contributed by atoms with Crippen molar-refractivity contribution in [3.63, 3.8) is 0 Å². The SMILES string of the molecule is COc1ccc(F)cc1CC1(O)CCNCC1. The first kappa shape index (κ1) is 12.3. The zero-order valence-electron chi connectivity index (χ0n) is 10.0. The minimum Gasteiger partial charge on any atom is -0.496 e. The second kappa shape index (κ2) is 5.02. The molecule has 2 N–H and O–H groups in total. The third-order valence-electron chi connectivity index (χ3n) is 3.30. The maximum atomic E-state index is 13.2. The summed E-state index contributed by atoms with van der Waals surface area (Å²) < 4.78 is 18.4. The van der Waals surface area contributed by atoms with Gasteiger partial charge in [0.2, 0.25) is 0 Å². The summed E-state index contributed by atoms with van der Waals surface area (Å²) in [6, 6.07) is 4.42. The molecule has 0 amide bonds. The molecule has 0 aliphatic carbocycles. The first-order chi connectivity index (χ1) is 8.13. The van der Waals surface area contributed by atoms with Crippen LogP contribution in [-0.2, 0) is 6.42 Å². The molecule has 0 aromatic heterocycles. The molecule has 0 radical (unpaired) electrons. The van der Waals surface area contributed by atoms with Gasteiger partial charge in [-0.3, -0.25) is 0 Å². The lowest BCUT2D eigenvalue weighted by molar-refractivity contribution is 0.0103. The molecule has 0 unspecified atom stereocenters. The fourth-order valence-corrected chi connectivity index (χ4v) is 2.31. The van der Waals surface area contributed by atoms with Crippen LogP contribution in [0.1, 0.15) is 18.4 Å². The van der Waals surface area contributed by atoms with Crippen molar-refractivity contribution < 1.29 is 14.2 Å². The van der Waals surface area contributed by atoms with Gasteiger partial charge < -0.3 is 15.2 Å². The van der Waals surface area contributed by atoms with Gasteiger partial charge in [0.1, 0.15) is 11.6 Å². The highest BCUT2D eigenvalue weighted by atomic mass is 19.1. The van der Waals surface area contributed by atoms with Crippen molar-refractivity contribution >= 4 is 0 Å². The Hall–Kier alpha value is -1.13. The molecule has 1 saturated heterocycles. The van der Waals surface area contributed by atoms with Gasteiger partial charge in [0.15, 0.2) is 0 Å². The van der Waals surface area contributed by atoms with Crippen LogP contribution in [-0.4, -0.2) is 30.9 Å². The summed E-state index contributed by atoms with van der Waals surface area (Å²) in [5, 5.41) is 13.6. The third kappa shape index (κ3) is 2.96. The molecule has 0 spiro atoms. The van der Waals surface area contributed by atoms with Gasteiger partial charge in [0.05, 0.1) is 12.7 Å². The van der Waals surface area contributed by atoms with Crippen LogP contribution in [0.25, 0.3) is 0 Å². The fraction of sp³-hybridized carbons (Fsp3) is 0.538. The summed E-state index contributed by atoms with van der Waals surface area (Å²) in [7, 11) is 1.56. The van der Waals surface area contributed by atoms with E-state index in [0.717, 1.165) is 18.7 Å². The minimum absolute atomic E-state index is 0.293. The molecule has 1 aliphatic heterocycles. The van der Waals surface area contributed by atoms with E-state index in [2.05, 4.69) is 5.32 Å². The van der Waals surface area contributed by atoms with Crippen molar-refractivity contribution in [3.8, 4) is 5.75 Å². The van der Waals surface area contributed by atoms with E-state index in [1.54, 1.807) is 13.2 Å². The van der Waals surface area contributed by atoms with Crippen LogP contribution in [0.4, 0.5) is 4.39 Å². The summed E-state index contributed by atoms with van der Waals surface area (Å²) in [5.41, 5.74) is -0.0105. The number of halogens is 1. The minimum atomic E-state index is -0.744. The average molecular weight is 239 g/mol. The highest BCUT2D eigenvalue weighted by Crippen LogP contribution is 2.28. The predicted octanol–water partition coefficient (Wildman–Crippen LogP) is 1.49. The quantitative estimate of drug-likeness (QED) is 0.839. The lowest BCUT2D eigenvalue weighted by Gasteiger charge is -2.33. The first-order valence-corrected chi connectivity index (χ1v) is 5.88. The van der Waals surface area contributed by atoms with Crippen molar-refractivity contribution in [1.29, 1.82) is 0 Å². The molecule has 0 atom stereocenters. The van der Waals surface area contributed by atoms with Gasteiger partial charge in [-0.2, -0.15) is 0 Å². The highest BCUT2D eigenvalue weighted by Gasteiger charge is 2.30. The summed E-state index contributed by atoms with van der Waals surface area (Å²) in [5.74, 6) is 0.344. The molecule has 0 saturated carbocycles. The molecule has 1 aliphatic rings. The Morgan fingerprint density at radius 2 is 2.12 bits per heavy atom. The van der Waals surface area contributed by atoms with E-state index in [4.69, 9.17) is 4.74 Å². The summed E-state index contributed by atoms with van der Waals surface area (Å²) in [4.78, 5) is 0. The summed E-state index contributed by atoms with van der Waals surface area (Å²) >= 11 is 0. The van der Waals surface area contributed by atoms with E-state index in [1.807, 2.05) is 0 Å². The Balaban J connectivity index is 2.19. The fourth-order valence-electron chi connectivity index (χ4n) is 2.31. The molecular weight excluding hydrogens is 221 g/mol. The van der Waals surface area contributed by atoms with Crippen LogP contribution in [0.2, 0.25) is 0 Å². The van der Waals surface area contributed by atoms with Gasteiger partial charge in [-0.05, 0) is 49.7 Å². The van der Waals surface area contributed by atoms with E-state index in [-0.39, 0.29) is 5.82 Å². The molecule has 1 aromatic carbocycles. The Labute approximate surface area is 101 Å². The molecule has 4 heteroatoms. The molecule has 1 heterocycles. The second-order valence-corrected chi connectivity index (χ2v) is 4.61. The Bertz CT molecular complexity index is 389. The zero-order valence-corrected chi connectivity index (χ0v) is 10.0. The van der Waals surface area contributed by atoms with Gasteiger partial charge >= 0.3 is 0 Å². The Morgan fingerprint density at radius 1 is 1.41 bits per heavy atom. The first-order valence-electron chi connectivity index (χ1n) is 5.88. The summed E-state index contributed by atoms with van der Waals surface area (Å²) in [6.07, 6.45) is 1.81. The van der Waals surface area contributed by atoms with E-state index in [9.17, 15) is 9.50 Å². The normalized spacial score (nSPS) is 19.0. The third-order valence-corrected chi connectivity index (χ3v) is 3.30. The van der Waals surface area contributed by atoms with Crippen LogP contribution >= 0.6 is 0 Å². The van der Waals surface area contributed by atoms with Gasteiger partial charge in [-0.1, -0.05) is 0 Å². The van der Waals surface area contributed by atoms with Crippen LogP contribution in [0.3, 0.4) is 0 Å². The molecule has 94 valence electrons.